The number of aryl methyl sites for hydroxylation is 2. The number of nitrogens with zero attached hydrogens (tertiary/aromatic N) is 2. The molecule has 7 heteroatoms. The van der Waals surface area contributed by atoms with Crippen LogP contribution in [-0.4, -0.2) is 48.8 Å². The molecule has 1 fully saturated rings. The maximum Gasteiger partial charge on any atom is 0.253 e. The highest BCUT2D eigenvalue weighted by Gasteiger charge is 2.25. The van der Waals surface area contributed by atoms with Crippen LogP contribution in [0.4, 0.5) is 17.1 Å². The Labute approximate surface area is 175 Å². The van der Waals surface area contributed by atoms with Crippen LogP contribution in [0.3, 0.4) is 0 Å². The molecule has 0 saturated carbocycles. The fourth-order valence-corrected chi connectivity index (χ4v) is 4.43. The van der Waals surface area contributed by atoms with Gasteiger partial charge in [-0.1, -0.05) is 0 Å². The van der Waals surface area contributed by atoms with E-state index in [9.17, 15) is 14.4 Å². The first-order valence-electron chi connectivity index (χ1n) is 10.5. The van der Waals surface area contributed by atoms with E-state index in [1.54, 1.807) is 6.07 Å². The summed E-state index contributed by atoms with van der Waals surface area (Å²) < 4.78 is 0. The van der Waals surface area contributed by atoms with Gasteiger partial charge in [0.15, 0.2) is 0 Å². The van der Waals surface area contributed by atoms with E-state index in [1.165, 1.54) is 5.56 Å². The molecule has 2 aromatic rings. The van der Waals surface area contributed by atoms with Crippen molar-refractivity contribution < 1.29 is 14.4 Å². The van der Waals surface area contributed by atoms with Crippen molar-refractivity contribution in [2.45, 2.75) is 25.7 Å². The second-order valence-electron chi connectivity index (χ2n) is 8.09. The molecule has 2 N–H and O–H groups in total. The summed E-state index contributed by atoms with van der Waals surface area (Å²) in [6.07, 6.45) is 2.44. The fraction of sp³-hybridized carbons (Fsp3) is 0.348. The second-order valence-corrected chi connectivity index (χ2v) is 8.09. The number of amides is 3. The number of carbonyl (C=O) groups is 3. The molecular formula is C23H24N4O3. The lowest BCUT2D eigenvalue weighted by Crippen LogP contribution is -2.48. The van der Waals surface area contributed by atoms with E-state index in [0.717, 1.165) is 42.1 Å². The van der Waals surface area contributed by atoms with E-state index < -0.39 is 0 Å². The van der Waals surface area contributed by atoms with Crippen LogP contribution in [-0.2, 0) is 22.4 Å². The molecule has 3 aliphatic rings. The van der Waals surface area contributed by atoms with Gasteiger partial charge in [-0.05, 0) is 60.4 Å². The highest BCUT2D eigenvalue weighted by Crippen LogP contribution is 2.29. The third-order valence-corrected chi connectivity index (χ3v) is 6.16. The molecule has 30 heavy (non-hydrogen) atoms. The van der Waals surface area contributed by atoms with Crippen molar-refractivity contribution in [1.29, 1.82) is 0 Å². The first kappa shape index (κ1) is 18.7. The van der Waals surface area contributed by atoms with Gasteiger partial charge >= 0.3 is 0 Å². The second kappa shape index (κ2) is 7.48. The maximum atomic E-state index is 13.0. The minimum atomic E-state index is 0.0299. The van der Waals surface area contributed by atoms with Crippen LogP contribution >= 0.6 is 0 Å². The minimum absolute atomic E-state index is 0.0299. The molecule has 0 aromatic heterocycles. The molecular weight excluding hydrogens is 380 g/mol. The molecule has 3 amide bonds. The summed E-state index contributed by atoms with van der Waals surface area (Å²) in [4.78, 5) is 40.3. The minimum Gasteiger partial charge on any atom is -0.368 e. The number of hydrogen-bond donors (Lipinski definition) is 2. The molecule has 5 rings (SSSR count). The molecule has 0 atom stereocenters. The smallest absolute Gasteiger partial charge is 0.253 e. The largest absolute Gasteiger partial charge is 0.368 e. The van der Waals surface area contributed by atoms with Gasteiger partial charge in [0.25, 0.3) is 5.91 Å². The standard InChI is InChI=1S/C23H24N4O3/c28-21-7-2-15-13-17(1-5-19(15)24-21)23(30)27-11-9-26(10-12-27)18-4-6-20-16(14-18)3-8-22(29)25-20/h1,4-6,13-14H,2-3,7-12H2,(H,24,28)(H,25,29). The van der Waals surface area contributed by atoms with Crippen LogP contribution in [0, 0.1) is 0 Å². The number of piperazine rings is 1. The quantitative estimate of drug-likeness (QED) is 0.806. The topological polar surface area (TPSA) is 81.8 Å². The van der Waals surface area contributed by atoms with Crippen LogP contribution in [0.5, 0.6) is 0 Å². The van der Waals surface area contributed by atoms with Crippen molar-refractivity contribution in [2.75, 3.05) is 41.7 Å². The predicted octanol–water partition coefficient (Wildman–Crippen LogP) is 2.42. The highest BCUT2D eigenvalue weighted by atomic mass is 16.2. The molecule has 2 aromatic carbocycles. The highest BCUT2D eigenvalue weighted by molar-refractivity contribution is 5.98. The Kier molecular flexibility index (Phi) is 4.65. The number of carbonyl (C=O) groups excluding carboxylic acids is 3. The Morgan fingerprint density at radius 1 is 0.733 bits per heavy atom. The van der Waals surface area contributed by atoms with Crippen LogP contribution in [0.15, 0.2) is 36.4 Å². The lowest BCUT2D eigenvalue weighted by Gasteiger charge is -2.36. The Hall–Kier alpha value is -3.35. The monoisotopic (exact) mass is 404 g/mol. The van der Waals surface area contributed by atoms with E-state index >= 15 is 0 Å². The zero-order valence-electron chi connectivity index (χ0n) is 16.7. The third kappa shape index (κ3) is 3.51. The number of fused-ring (bicyclic) bond motifs is 2. The molecule has 3 aliphatic heterocycles. The maximum absolute atomic E-state index is 13.0. The summed E-state index contributed by atoms with van der Waals surface area (Å²) >= 11 is 0. The first-order valence-corrected chi connectivity index (χ1v) is 10.5. The summed E-state index contributed by atoms with van der Waals surface area (Å²) in [5, 5.41) is 5.78. The van der Waals surface area contributed by atoms with Gasteiger partial charge in [-0.15, -0.1) is 0 Å². The van der Waals surface area contributed by atoms with Gasteiger partial charge in [0, 0.05) is 61.6 Å². The summed E-state index contributed by atoms with van der Waals surface area (Å²) in [5.74, 6) is 0.150. The van der Waals surface area contributed by atoms with E-state index in [4.69, 9.17) is 0 Å². The van der Waals surface area contributed by atoms with Crippen LogP contribution in [0.25, 0.3) is 0 Å². The van der Waals surface area contributed by atoms with Gasteiger partial charge in [0.05, 0.1) is 0 Å². The van der Waals surface area contributed by atoms with E-state index in [1.807, 2.05) is 29.2 Å². The average Bonchev–Trinajstić information content (AvgIpc) is 2.78. The number of hydrogen-bond acceptors (Lipinski definition) is 4. The molecule has 0 unspecified atom stereocenters. The van der Waals surface area contributed by atoms with Crippen molar-refractivity contribution in [1.82, 2.24) is 4.90 Å². The molecule has 0 aliphatic carbocycles. The van der Waals surface area contributed by atoms with Crippen LogP contribution in [0.1, 0.15) is 34.3 Å². The summed E-state index contributed by atoms with van der Waals surface area (Å²) in [7, 11) is 0. The Balaban J connectivity index is 1.24. The SMILES string of the molecule is O=C1CCc2cc(C(=O)N3CCN(c4ccc5c(c4)CCC(=O)N5)CC3)ccc2N1. The van der Waals surface area contributed by atoms with Gasteiger partial charge in [-0.2, -0.15) is 0 Å². The summed E-state index contributed by atoms with van der Waals surface area (Å²) in [5.41, 5.74) is 5.75. The Bertz CT molecular complexity index is 1040. The number of rotatable bonds is 2. The van der Waals surface area contributed by atoms with Gasteiger partial charge < -0.3 is 20.4 Å². The van der Waals surface area contributed by atoms with Crippen LogP contribution < -0.4 is 15.5 Å². The zero-order chi connectivity index (χ0) is 20.7. The van der Waals surface area contributed by atoms with Gasteiger partial charge in [-0.3, -0.25) is 14.4 Å². The Morgan fingerprint density at radius 3 is 2.00 bits per heavy atom. The molecule has 0 bridgehead atoms. The summed E-state index contributed by atoms with van der Waals surface area (Å²) in [6.45, 7) is 2.89. The lowest BCUT2D eigenvalue weighted by molar-refractivity contribution is -0.117. The van der Waals surface area contributed by atoms with E-state index in [0.29, 0.717) is 37.9 Å². The molecule has 154 valence electrons. The normalized spacial score (nSPS) is 18.3. The van der Waals surface area contributed by atoms with Crippen LogP contribution in [0.2, 0.25) is 0 Å². The lowest BCUT2D eigenvalue weighted by atomic mass is 9.99. The number of nitrogens with one attached hydrogen (secondary N) is 2. The van der Waals surface area contributed by atoms with E-state index in [-0.39, 0.29) is 17.7 Å². The zero-order valence-corrected chi connectivity index (χ0v) is 16.7. The molecule has 0 radical (unpaired) electrons. The predicted molar refractivity (Wildman–Crippen MR) is 115 cm³/mol. The molecule has 7 nitrogen and oxygen atoms in total. The molecule has 0 spiro atoms. The van der Waals surface area contributed by atoms with Gasteiger partial charge in [-0.25, -0.2) is 0 Å². The van der Waals surface area contributed by atoms with Crippen molar-refractivity contribution in [3.05, 3.63) is 53.1 Å². The average molecular weight is 404 g/mol. The van der Waals surface area contributed by atoms with Gasteiger partial charge in [0.1, 0.15) is 0 Å². The summed E-state index contributed by atoms with van der Waals surface area (Å²) in [6, 6.07) is 11.7. The van der Waals surface area contributed by atoms with Crippen molar-refractivity contribution in [2.24, 2.45) is 0 Å². The fourth-order valence-electron chi connectivity index (χ4n) is 4.43. The third-order valence-electron chi connectivity index (χ3n) is 6.16. The van der Waals surface area contributed by atoms with Crippen molar-refractivity contribution in [3.8, 4) is 0 Å². The van der Waals surface area contributed by atoms with Crippen molar-refractivity contribution >= 4 is 34.8 Å². The number of benzene rings is 2. The van der Waals surface area contributed by atoms with Gasteiger partial charge in [0.2, 0.25) is 11.8 Å². The number of anilines is 3. The molecule has 1 saturated heterocycles. The first-order chi connectivity index (χ1) is 14.6. The molecule has 3 heterocycles. The van der Waals surface area contributed by atoms with Crippen molar-refractivity contribution in [3.63, 3.8) is 0 Å². The van der Waals surface area contributed by atoms with E-state index in [2.05, 4.69) is 21.6 Å². The Morgan fingerprint density at radius 2 is 1.33 bits per heavy atom.